The molecule has 0 aromatic carbocycles. The van der Waals surface area contributed by atoms with Crippen LogP contribution in [0.4, 0.5) is 0 Å². The quantitative estimate of drug-likeness (QED) is 0.662. The van der Waals surface area contributed by atoms with Crippen molar-refractivity contribution in [3.8, 4) is 0 Å². The monoisotopic (exact) mass is 208 g/mol. The van der Waals surface area contributed by atoms with E-state index in [1.807, 2.05) is 6.07 Å². The van der Waals surface area contributed by atoms with Gasteiger partial charge in [-0.3, -0.25) is 9.79 Å². The molecule has 4 heteroatoms. The minimum atomic E-state index is 0.204. The fourth-order valence-corrected chi connectivity index (χ4v) is 1.49. The predicted octanol–water partition coefficient (Wildman–Crippen LogP) is 1.89. The maximum absolute atomic E-state index is 11.0. The molecule has 3 nitrogen and oxygen atoms in total. The molecule has 2 heterocycles. The van der Waals surface area contributed by atoms with Crippen molar-refractivity contribution in [2.75, 3.05) is 6.54 Å². The number of aromatic nitrogens is 1. The van der Waals surface area contributed by atoms with Crippen molar-refractivity contribution in [3.05, 3.63) is 29.0 Å². The first-order valence-electron chi connectivity index (χ1n) is 4.42. The molecule has 0 amide bonds. The lowest BCUT2D eigenvalue weighted by atomic mass is 10.0. The normalized spacial score (nSPS) is 16.6. The Hall–Kier alpha value is -1.22. The van der Waals surface area contributed by atoms with Gasteiger partial charge in [-0.1, -0.05) is 11.6 Å². The van der Waals surface area contributed by atoms with Crippen LogP contribution in [0.3, 0.4) is 0 Å². The molecule has 2 rings (SSSR count). The lowest BCUT2D eigenvalue weighted by molar-refractivity contribution is -0.117. The van der Waals surface area contributed by atoms with Crippen LogP contribution in [0.1, 0.15) is 18.4 Å². The van der Waals surface area contributed by atoms with Gasteiger partial charge in [0.15, 0.2) is 5.78 Å². The summed E-state index contributed by atoms with van der Waals surface area (Å²) in [5.41, 5.74) is 1.91. The summed E-state index contributed by atoms with van der Waals surface area (Å²) in [5.74, 6) is 0.204. The zero-order valence-electron chi connectivity index (χ0n) is 7.53. The van der Waals surface area contributed by atoms with Crippen LogP contribution in [0.2, 0.25) is 5.15 Å². The first kappa shape index (κ1) is 9.34. The van der Waals surface area contributed by atoms with E-state index in [0.29, 0.717) is 24.5 Å². The van der Waals surface area contributed by atoms with Crippen LogP contribution in [0.15, 0.2) is 23.3 Å². The third-order valence-electron chi connectivity index (χ3n) is 2.15. The highest BCUT2D eigenvalue weighted by Gasteiger charge is 2.13. The van der Waals surface area contributed by atoms with Gasteiger partial charge >= 0.3 is 0 Å². The van der Waals surface area contributed by atoms with Crippen molar-refractivity contribution in [3.63, 3.8) is 0 Å². The van der Waals surface area contributed by atoms with Crippen LogP contribution in [0.5, 0.6) is 0 Å². The molecule has 1 aromatic rings. The molecule has 0 aliphatic carbocycles. The molecular formula is C10H9ClN2O. The van der Waals surface area contributed by atoms with Gasteiger partial charge < -0.3 is 0 Å². The molecule has 0 atom stereocenters. The number of nitrogens with zero attached hydrogens (tertiary/aromatic N) is 2. The number of aliphatic imine (C=N–C) groups is 1. The average Bonchev–Trinajstić information content (AvgIpc) is 2.21. The van der Waals surface area contributed by atoms with Gasteiger partial charge in [-0.15, -0.1) is 0 Å². The van der Waals surface area contributed by atoms with E-state index >= 15 is 0 Å². The van der Waals surface area contributed by atoms with Gasteiger partial charge in [-0.25, -0.2) is 4.98 Å². The fourth-order valence-electron chi connectivity index (χ4n) is 1.38. The number of hydrogen-bond donors (Lipinski definition) is 0. The SMILES string of the molecule is O=C1CCC(c2ccc(Cl)nc2)=NC1. The van der Waals surface area contributed by atoms with Crippen molar-refractivity contribution in [1.29, 1.82) is 0 Å². The van der Waals surface area contributed by atoms with Crippen LogP contribution in [0, 0.1) is 0 Å². The van der Waals surface area contributed by atoms with Gasteiger partial charge in [0.2, 0.25) is 0 Å². The second-order valence-corrected chi connectivity index (χ2v) is 3.56. The van der Waals surface area contributed by atoms with Crippen LogP contribution in [0.25, 0.3) is 0 Å². The van der Waals surface area contributed by atoms with E-state index in [4.69, 9.17) is 11.6 Å². The molecule has 1 aliphatic rings. The van der Waals surface area contributed by atoms with E-state index in [-0.39, 0.29) is 5.78 Å². The van der Waals surface area contributed by atoms with Crippen LogP contribution < -0.4 is 0 Å². The average molecular weight is 209 g/mol. The Labute approximate surface area is 86.8 Å². The van der Waals surface area contributed by atoms with Crippen molar-refractivity contribution < 1.29 is 4.79 Å². The van der Waals surface area contributed by atoms with Gasteiger partial charge in [0, 0.05) is 23.9 Å². The molecule has 0 spiro atoms. The highest BCUT2D eigenvalue weighted by Crippen LogP contribution is 2.12. The minimum Gasteiger partial charge on any atom is -0.298 e. The number of ketones is 1. The molecule has 72 valence electrons. The maximum atomic E-state index is 11.0. The Morgan fingerprint density at radius 3 is 2.71 bits per heavy atom. The Balaban J connectivity index is 2.23. The smallest absolute Gasteiger partial charge is 0.154 e. The molecule has 0 bridgehead atoms. The van der Waals surface area contributed by atoms with Gasteiger partial charge in [-0.2, -0.15) is 0 Å². The Bertz CT molecular complexity index is 384. The molecule has 0 saturated carbocycles. The van der Waals surface area contributed by atoms with Gasteiger partial charge in [0.25, 0.3) is 0 Å². The number of Topliss-reactive ketones (excluding diaryl/α,β-unsaturated/α-hetero) is 1. The summed E-state index contributed by atoms with van der Waals surface area (Å²) >= 11 is 5.67. The molecule has 0 fully saturated rings. The Morgan fingerprint density at radius 2 is 2.14 bits per heavy atom. The molecule has 1 aromatic heterocycles. The Morgan fingerprint density at radius 1 is 1.29 bits per heavy atom. The number of carbonyl (C=O) groups is 1. The second kappa shape index (κ2) is 3.88. The predicted molar refractivity (Wildman–Crippen MR) is 54.9 cm³/mol. The summed E-state index contributed by atoms with van der Waals surface area (Å²) in [6.45, 7) is 0.304. The van der Waals surface area contributed by atoms with E-state index in [1.54, 1.807) is 12.3 Å². The van der Waals surface area contributed by atoms with E-state index in [1.165, 1.54) is 0 Å². The summed E-state index contributed by atoms with van der Waals surface area (Å²) in [6.07, 6.45) is 2.99. The second-order valence-electron chi connectivity index (χ2n) is 3.17. The number of rotatable bonds is 1. The zero-order chi connectivity index (χ0) is 9.97. The molecule has 0 N–H and O–H groups in total. The van der Waals surface area contributed by atoms with Gasteiger partial charge in [0.1, 0.15) is 5.15 Å². The number of halogens is 1. The molecule has 0 radical (unpaired) electrons. The fraction of sp³-hybridized carbons (Fsp3) is 0.300. The summed E-state index contributed by atoms with van der Waals surface area (Å²) in [5, 5.41) is 0.473. The molecule has 14 heavy (non-hydrogen) atoms. The van der Waals surface area contributed by atoms with Crippen LogP contribution in [-0.2, 0) is 4.79 Å². The number of hydrogen-bond acceptors (Lipinski definition) is 3. The van der Waals surface area contributed by atoms with Gasteiger partial charge in [0.05, 0.1) is 6.54 Å². The molecular weight excluding hydrogens is 200 g/mol. The van der Waals surface area contributed by atoms with Crippen LogP contribution in [-0.4, -0.2) is 23.0 Å². The lowest BCUT2D eigenvalue weighted by Gasteiger charge is -2.10. The summed E-state index contributed by atoms with van der Waals surface area (Å²) in [7, 11) is 0. The summed E-state index contributed by atoms with van der Waals surface area (Å²) < 4.78 is 0. The lowest BCUT2D eigenvalue weighted by Crippen LogP contribution is -2.15. The first-order chi connectivity index (χ1) is 6.75. The highest BCUT2D eigenvalue weighted by molar-refractivity contribution is 6.29. The minimum absolute atomic E-state index is 0.204. The number of carbonyl (C=O) groups excluding carboxylic acids is 1. The van der Waals surface area contributed by atoms with Crippen molar-refractivity contribution in [2.24, 2.45) is 4.99 Å². The maximum Gasteiger partial charge on any atom is 0.154 e. The third kappa shape index (κ3) is 1.99. The highest BCUT2D eigenvalue weighted by atomic mass is 35.5. The largest absolute Gasteiger partial charge is 0.298 e. The molecule has 0 unspecified atom stereocenters. The standard InChI is InChI=1S/C10H9ClN2O/c11-10-4-1-7(5-13-10)9-3-2-8(14)6-12-9/h1,4-5H,2-3,6H2. The van der Waals surface area contributed by atoms with Crippen molar-refractivity contribution >= 4 is 23.1 Å². The zero-order valence-corrected chi connectivity index (χ0v) is 8.29. The molecule has 1 aliphatic heterocycles. The van der Waals surface area contributed by atoms with Crippen molar-refractivity contribution in [1.82, 2.24) is 4.98 Å². The summed E-state index contributed by atoms with van der Waals surface area (Å²) in [4.78, 5) is 19.1. The number of pyridine rings is 1. The first-order valence-corrected chi connectivity index (χ1v) is 4.80. The van der Waals surface area contributed by atoms with E-state index < -0.39 is 0 Å². The van der Waals surface area contributed by atoms with Crippen molar-refractivity contribution in [2.45, 2.75) is 12.8 Å². The van der Waals surface area contributed by atoms with E-state index in [9.17, 15) is 4.79 Å². The van der Waals surface area contributed by atoms with Gasteiger partial charge in [-0.05, 0) is 18.6 Å². The van der Waals surface area contributed by atoms with Crippen LogP contribution >= 0.6 is 11.6 Å². The van der Waals surface area contributed by atoms with E-state index in [2.05, 4.69) is 9.98 Å². The topological polar surface area (TPSA) is 42.3 Å². The Kier molecular flexibility index (Phi) is 2.59. The summed E-state index contributed by atoms with van der Waals surface area (Å²) in [6, 6.07) is 3.61. The third-order valence-corrected chi connectivity index (χ3v) is 2.37. The molecule has 0 saturated heterocycles. The van der Waals surface area contributed by atoms with E-state index in [0.717, 1.165) is 11.3 Å².